The second-order valence-electron chi connectivity index (χ2n) is 4.54. The van der Waals surface area contributed by atoms with Gasteiger partial charge in [0.25, 0.3) is 0 Å². The summed E-state index contributed by atoms with van der Waals surface area (Å²) in [6, 6.07) is 2.36. The van der Waals surface area contributed by atoms with Gasteiger partial charge in [0.2, 0.25) is 10.0 Å². The van der Waals surface area contributed by atoms with E-state index in [1.54, 1.807) is 13.8 Å². The summed E-state index contributed by atoms with van der Waals surface area (Å²) in [4.78, 5) is 0.0842. The zero-order valence-electron chi connectivity index (χ0n) is 11.6. The zero-order chi connectivity index (χ0) is 15.5. The summed E-state index contributed by atoms with van der Waals surface area (Å²) in [5.41, 5.74) is 6.00. The van der Waals surface area contributed by atoms with Crippen LogP contribution in [-0.4, -0.2) is 37.4 Å². The van der Waals surface area contributed by atoms with Gasteiger partial charge in [-0.2, -0.15) is 0 Å². The maximum atomic E-state index is 13.2. The molecule has 0 bridgehead atoms. The van der Waals surface area contributed by atoms with Crippen LogP contribution in [0, 0.1) is 19.7 Å². The molecule has 3 N–H and O–H groups in total. The molecule has 0 atom stereocenters. The lowest BCUT2D eigenvalue weighted by Gasteiger charge is -2.19. The number of hydrogen-bond acceptors (Lipinski definition) is 4. The molecule has 8 heteroatoms. The Balaban J connectivity index is 3.11. The Kier molecular flexibility index (Phi) is 5.07. The van der Waals surface area contributed by atoms with Gasteiger partial charge in [-0.1, -0.05) is 5.16 Å². The third-order valence-corrected chi connectivity index (χ3v) is 5.07. The van der Waals surface area contributed by atoms with Gasteiger partial charge in [-0.25, -0.2) is 17.1 Å². The molecule has 0 spiro atoms. The molecule has 0 amide bonds. The first-order valence-corrected chi connectivity index (χ1v) is 7.33. The van der Waals surface area contributed by atoms with E-state index in [-0.39, 0.29) is 23.7 Å². The summed E-state index contributed by atoms with van der Waals surface area (Å²) in [6.07, 6.45) is 0.103. The SMILES string of the molecule is Cc1cc(F)cc(C)c1S(=O)(=O)N(C)CCC(N)=NO. The van der Waals surface area contributed by atoms with Crippen LogP contribution in [0.5, 0.6) is 0 Å². The first kappa shape index (κ1) is 16.4. The van der Waals surface area contributed by atoms with Crippen molar-refractivity contribution < 1.29 is 18.0 Å². The first-order chi connectivity index (χ1) is 9.20. The second-order valence-corrected chi connectivity index (χ2v) is 6.52. The summed E-state index contributed by atoms with van der Waals surface area (Å²) in [5, 5.41) is 11.2. The van der Waals surface area contributed by atoms with Crippen molar-refractivity contribution in [3.63, 3.8) is 0 Å². The minimum atomic E-state index is -3.75. The molecule has 20 heavy (non-hydrogen) atoms. The summed E-state index contributed by atoms with van der Waals surface area (Å²) in [7, 11) is -2.36. The van der Waals surface area contributed by atoms with Crippen LogP contribution in [-0.2, 0) is 10.0 Å². The number of sulfonamides is 1. The van der Waals surface area contributed by atoms with Crippen LogP contribution in [0.15, 0.2) is 22.2 Å². The van der Waals surface area contributed by atoms with E-state index in [1.807, 2.05) is 0 Å². The number of halogens is 1. The van der Waals surface area contributed by atoms with E-state index < -0.39 is 15.8 Å². The smallest absolute Gasteiger partial charge is 0.243 e. The van der Waals surface area contributed by atoms with Gasteiger partial charge in [0.15, 0.2) is 0 Å². The molecule has 0 radical (unpaired) electrons. The Labute approximate surface area is 117 Å². The molecule has 0 aromatic heterocycles. The summed E-state index contributed by atoms with van der Waals surface area (Å²) >= 11 is 0. The monoisotopic (exact) mass is 303 g/mol. The topological polar surface area (TPSA) is 96.0 Å². The van der Waals surface area contributed by atoms with Crippen molar-refractivity contribution in [2.24, 2.45) is 10.9 Å². The van der Waals surface area contributed by atoms with Gasteiger partial charge in [0.05, 0.1) is 4.90 Å². The normalized spacial score (nSPS) is 12.9. The largest absolute Gasteiger partial charge is 0.409 e. The summed E-state index contributed by atoms with van der Waals surface area (Å²) < 4.78 is 39.2. The average Bonchev–Trinajstić information content (AvgIpc) is 2.33. The number of nitrogens with two attached hydrogens (primary N) is 1. The third-order valence-electron chi connectivity index (χ3n) is 2.90. The van der Waals surface area contributed by atoms with Gasteiger partial charge in [-0.15, -0.1) is 0 Å². The predicted octanol–water partition coefficient (Wildman–Crippen LogP) is 1.20. The standard InChI is InChI=1S/C12H18FN3O3S/c1-8-6-10(13)7-9(2)12(8)20(18,19)16(3)5-4-11(14)15-17/h6-7,17H,4-5H2,1-3H3,(H2,14,15). The Hall–Kier alpha value is -1.67. The van der Waals surface area contributed by atoms with Crippen molar-refractivity contribution in [2.45, 2.75) is 25.2 Å². The van der Waals surface area contributed by atoms with Crippen LogP contribution in [0.4, 0.5) is 4.39 Å². The van der Waals surface area contributed by atoms with Gasteiger partial charge in [-0.3, -0.25) is 0 Å². The maximum Gasteiger partial charge on any atom is 0.243 e. The first-order valence-electron chi connectivity index (χ1n) is 5.89. The molecule has 0 saturated carbocycles. The van der Waals surface area contributed by atoms with Gasteiger partial charge >= 0.3 is 0 Å². The van der Waals surface area contributed by atoms with Crippen LogP contribution in [0.2, 0.25) is 0 Å². The van der Waals surface area contributed by atoms with E-state index in [0.717, 1.165) is 4.31 Å². The van der Waals surface area contributed by atoms with Gasteiger partial charge in [-0.05, 0) is 37.1 Å². The Morgan fingerprint density at radius 2 is 1.90 bits per heavy atom. The molecule has 1 aromatic carbocycles. The fourth-order valence-corrected chi connectivity index (χ4v) is 3.48. The highest BCUT2D eigenvalue weighted by atomic mass is 32.2. The quantitative estimate of drug-likeness (QED) is 0.370. The Morgan fingerprint density at radius 1 is 1.40 bits per heavy atom. The van der Waals surface area contributed by atoms with Crippen molar-refractivity contribution in [3.8, 4) is 0 Å². The number of oxime groups is 1. The van der Waals surface area contributed by atoms with Gasteiger partial charge in [0, 0.05) is 20.0 Å². The number of rotatable bonds is 5. The van der Waals surface area contributed by atoms with Crippen molar-refractivity contribution in [1.29, 1.82) is 0 Å². The van der Waals surface area contributed by atoms with Gasteiger partial charge < -0.3 is 10.9 Å². The van der Waals surface area contributed by atoms with Crippen LogP contribution in [0.3, 0.4) is 0 Å². The lowest BCUT2D eigenvalue weighted by atomic mass is 10.1. The van der Waals surface area contributed by atoms with Crippen molar-refractivity contribution >= 4 is 15.9 Å². The summed E-state index contributed by atoms with van der Waals surface area (Å²) in [6.45, 7) is 3.15. The van der Waals surface area contributed by atoms with Crippen LogP contribution >= 0.6 is 0 Å². The molecule has 0 aliphatic heterocycles. The van der Waals surface area contributed by atoms with E-state index in [2.05, 4.69) is 5.16 Å². The third kappa shape index (κ3) is 3.45. The van der Waals surface area contributed by atoms with E-state index in [4.69, 9.17) is 10.9 Å². The number of nitrogens with zero attached hydrogens (tertiary/aromatic N) is 2. The lowest BCUT2D eigenvalue weighted by Crippen LogP contribution is -2.31. The van der Waals surface area contributed by atoms with Crippen LogP contribution < -0.4 is 5.73 Å². The van der Waals surface area contributed by atoms with E-state index in [0.29, 0.717) is 11.1 Å². The Bertz CT molecular complexity index is 606. The fraction of sp³-hybridized carbons (Fsp3) is 0.417. The van der Waals surface area contributed by atoms with Crippen molar-refractivity contribution in [1.82, 2.24) is 4.31 Å². The second kappa shape index (κ2) is 6.19. The fourth-order valence-electron chi connectivity index (χ4n) is 1.90. The number of benzene rings is 1. The van der Waals surface area contributed by atoms with Crippen molar-refractivity contribution in [3.05, 3.63) is 29.1 Å². The van der Waals surface area contributed by atoms with E-state index >= 15 is 0 Å². The molecule has 0 saturated heterocycles. The predicted molar refractivity (Wildman–Crippen MR) is 73.7 cm³/mol. The molecule has 0 heterocycles. The van der Waals surface area contributed by atoms with Crippen LogP contribution in [0.25, 0.3) is 0 Å². The highest BCUT2D eigenvalue weighted by Gasteiger charge is 2.25. The highest BCUT2D eigenvalue weighted by molar-refractivity contribution is 7.89. The summed E-state index contributed by atoms with van der Waals surface area (Å²) in [5.74, 6) is -0.530. The lowest BCUT2D eigenvalue weighted by molar-refractivity contribution is 0.316. The van der Waals surface area contributed by atoms with E-state index in [1.165, 1.54) is 19.2 Å². The maximum absolute atomic E-state index is 13.2. The van der Waals surface area contributed by atoms with E-state index in [9.17, 15) is 12.8 Å². The molecule has 0 aliphatic rings. The average molecular weight is 303 g/mol. The van der Waals surface area contributed by atoms with Crippen molar-refractivity contribution in [2.75, 3.05) is 13.6 Å². The molecule has 0 aliphatic carbocycles. The highest BCUT2D eigenvalue weighted by Crippen LogP contribution is 2.24. The molecular weight excluding hydrogens is 285 g/mol. The molecular formula is C12H18FN3O3S. The minimum absolute atomic E-state index is 0.0559. The molecule has 112 valence electrons. The minimum Gasteiger partial charge on any atom is -0.409 e. The van der Waals surface area contributed by atoms with Gasteiger partial charge in [0.1, 0.15) is 11.7 Å². The number of hydrogen-bond donors (Lipinski definition) is 2. The molecule has 0 fully saturated rings. The zero-order valence-corrected chi connectivity index (χ0v) is 12.4. The Morgan fingerprint density at radius 3 is 2.35 bits per heavy atom. The number of aryl methyl sites for hydroxylation is 2. The molecule has 1 aromatic rings. The van der Waals surface area contributed by atoms with Crippen LogP contribution in [0.1, 0.15) is 17.5 Å². The molecule has 1 rings (SSSR count). The molecule has 6 nitrogen and oxygen atoms in total. The number of amidine groups is 1. The molecule has 0 unspecified atom stereocenters.